The van der Waals surface area contributed by atoms with Gasteiger partial charge in [-0.05, 0) is 37.1 Å². The van der Waals surface area contributed by atoms with Crippen LogP contribution in [0.2, 0.25) is 0 Å². The summed E-state index contributed by atoms with van der Waals surface area (Å²) in [6, 6.07) is 13.4. The molecule has 0 saturated heterocycles. The molecule has 0 atom stereocenters. The van der Waals surface area contributed by atoms with E-state index in [-0.39, 0.29) is 17.5 Å². The average molecular weight is 362 g/mol. The van der Waals surface area contributed by atoms with E-state index >= 15 is 0 Å². The van der Waals surface area contributed by atoms with E-state index in [1.54, 1.807) is 10.8 Å². The molecule has 4 rings (SSSR count). The van der Waals surface area contributed by atoms with Gasteiger partial charge in [-0.25, -0.2) is 4.98 Å². The number of hydrogen-bond donors (Lipinski definition) is 1. The minimum Gasteiger partial charge on any atom is -0.356 e. The molecule has 1 saturated carbocycles. The Balaban J connectivity index is 1.41. The number of rotatable bonds is 7. The quantitative estimate of drug-likeness (QED) is 0.700. The fourth-order valence-electron chi connectivity index (χ4n) is 3.27. The van der Waals surface area contributed by atoms with Crippen molar-refractivity contribution in [2.75, 3.05) is 6.54 Å². The van der Waals surface area contributed by atoms with Gasteiger partial charge in [0, 0.05) is 43.7 Å². The number of pyridine rings is 1. The molecule has 0 bridgehead atoms. The highest BCUT2D eigenvalue weighted by atomic mass is 16.1. The SMILES string of the molecule is O=C(CCc1nc2ccccc2c(=O)n1C1CC1)NCCc1ccccn1. The molecular formula is C21H22N4O2. The summed E-state index contributed by atoms with van der Waals surface area (Å²) in [4.78, 5) is 33.9. The molecule has 1 fully saturated rings. The molecule has 1 aromatic carbocycles. The van der Waals surface area contributed by atoms with Gasteiger partial charge in [-0.15, -0.1) is 0 Å². The van der Waals surface area contributed by atoms with Crippen molar-refractivity contribution in [3.05, 3.63) is 70.5 Å². The molecule has 1 aliphatic rings. The number of benzene rings is 1. The zero-order valence-electron chi connectivity index (χ0n) is 15.1. The van der Waals surface area contributed by atoms with Gasteiger partial charge in [0.2, 0.25) is 5.91 Å². The van der Waals surface area contributed by atoms with Crippen LogP contribution in [-0.2, 0) is 17.6 Å². The number of hydrogen-bond acceptors (Lipinski definition) is 4. The molecule has 0 spiro atoms. The third-order valence-corrected chi connectivity index (χ3v) is 4.80. The average Bonchev–Trinajstić information content (AvgIpc) is 3.52. The molecule has 1 aliphatic carbocycles. The summed E-state index contributed by atoms with van der Waals surface area (Å²) in [5.74, 6) is 0.678. The van der Waals surface area contributed by atoms with Crippen LogP contribution in [0.5, 0.6) is 0 Å². The lowest BCUT2D eigenvalue weighted by atomic mass is 10.2. The largest absolute Gasteiger partial charge is 0.356 e. The smallest absolute Gasteiger partial charge is 0.261 e. The Morgan fingerprint density at radius 2 is 1.93 bits per heavy atom. The monoisotopic (exact) mass is 362 g/mol. The van der Waals surface area contributed by atoms with Crippen LogP contribution >= 0.6 is 0 Å². The molecule has 2 heterocycles. The summed E-state index contributed by atoms with van der Waals surface area (Å²) in [7, 11) is 0. The van der Waals surface area contributed by atoms with E-state index in [0.717, 1.165) is 18.5 Å². The highest BCUT2D eigenvalue weighted by molar-refractivity contribution is 5.78. The van der Waals surface area contributed by atoms with Crippen LogP contribution in [0.4, 0.5) is 0 Å². The lowest BCUT2D eigenvalue weighted by Crippen LogP contribution is -2.28. The predicted molar refractivity (Wildman–Crippen MR) is 104 cm³/mol. The zero-order valence-corrected chi connectivity index (χ0v) is 15.1. The van der Waals surface area contributed by atoms with Gasteiger partial charge in [-0.1, -0.05) is 18.2 Å². The van der Waals surface area contributed by atoms with Crippen LogP contribution in [0.25, 0.3) is 10.9 Å². The van der Waals surface area contributed by atoms with Crippen molar-refractivity contribution in [3.8, 4) is 0 Å². The molecule has 6 nitrogen and oxygen atoms in total. The van der Waals surface area contributed by atoms with Crippen molar-refractivity contribution in [1.82, 2.24) is 19.9 Å². The number of para-hydroxylation sites is 1. The van der Waals surface area contributed by atoms with E-state index in [1.165, 1.54) is 0 Å². The Labute approximate surface area is 157 Å². The third kappa shape index (κ3) is 4.05. The van der Waals surface area contributed by atoms with Gasteiger partial charge in [-0.2, -0.15) is 0 Å². The number of aryl methyl sites for hydroxylation is 1. The van der Waals surface area contributed by atoms with Crippen LogP contribution in [0, 0.1) is 0 Å². The molecule has 3 aromatic rings. The second-order valence-corrected chi connectivity index (χ2v) is 6.87. The first-order valence-electron chi connectivity index (χ1n) is 9.39. The maximum absolute atomic E-state index is 12.8. The summed E-state index contributed by atoms with van der Waals surface area (Å²) in [6.07, 6.45) is 5.24. The molecule has 2 aromatic heterocycles. The molecule has 0 radical (unpaired) electrons. The second-order valence-electron chi connectivity index (χ2n) is 6.87. The lowest BCUT2D eigenvalue weighted by molar-refractivity contribution is -0.121. The number of aromatic nitrogens is 3. The first kappa shape index (κ1) is 17.4. The molecule has 1 N–H and O–H groups in total. The van der Waals surface area contributed by atoms with Gasteiger partial charge in [0.05, 0.1) is 10.9 Å². The summed E-state index contributed by atoms with van der Waals surface area (Å²) in [5, 5.41) is 3.57. The lowest BCUT2D eigenvalue weighted by Gasteiger charge is -2.13. The van der Waals surface area contributed by atoms with Crippen LogP contribution in [-0.4, -0.2) is 27.0 Å². The molecule has 0 unspecified atom stereocenters. The van der Waals surface area contributed by atoms with E-state index < -0.39 is 0 Å². The molecule has 6 heteroatoms. The number of carbonyl (C=O) groups is 1. The Morgan fingerprint density at radius 1 is 1.11 bits per heavy atom. The fourth-order valence-corrected chi connectivity index (χ4v) is 3.27. The summed E-state index contributed by atoms with van der Waals surface area (Å²) < 4.78 is 1.80. The third-order valence-electron chi connectivity index (χ3n) is 4.80. The van der Waals surface area contributed by atoms with E-state index in [2.05, 4.69) is 15.3 Å². The first-order chi connectivity index (χ1) is 13.2. The van der Waals surface area contributed by atoms with Crippen molar-refractivity contribution < 1.29 is 4.79 Å². The van der Waals surface area contributed by atoms with Gasteiger partial charge < -0.3 is 5.32 Å². The second kappa shape index (κ2) is 7.70. The maximum atomic E-state index is 12.8. The van der Waals surface area contributed by atoms with Gasteiger partial charge in [0.25, 0.3) is 5.56 Å². The zero-order chi connectivity index (χ0) is 18.6. The van der Waals surface area contributed by atoms with Crippen LogP contribution < -0.4 is 10.9 Å². The molecule has 27 heavy (non-hydrogen) atoms. The van der Waals surface area contributed by atoms with Crippen molar-refractivity contribution in [3.63, 3.8) is 0 Å². The predicted octanol–water partition coefficient (Wildman–Crippen LogP) is 2.42. The van der Waals surface area contributed by atoms with Gasteiger partial charge in [0.1, 0.15) is 5.82 Å². The Morgan fingerprint density at radius 3 is 2.70 bits per heavy atom. The fraction of sp³-hybridized carbons (Fsp3) is 0.333. The van der Waals surface area contributed by atoms with E-state index in [0.29, 0.717) is 42.5 Å². The van der Waals surface area contributed by atoms with Gasteiger partial charge >= 0.3 is 0 Å². The summed E-state index contributed by atoms with van der Waals surface area (Å²) in [6.45, 7) is 0.552. The molecule has 1 amide bonds. The highest BCUT2D eigenvalue weighted by Crippen LogP contribution is 2.34. The molecule has 0 aliphatic heterocycles. The summed E-state index contributed by atoms with van der Waals surface area (Å²) in [5.41, 5.74) is 1.66. The van der Waals surface area contributed by atoms with Crippen molar-refractivity contribution in [1.29, 1.82) is 0 Å². The number of amides is 1. The minimum atomic E-state index is -0.0318. The Kier molecular flexibility index (Phi) is 4.96. The van der Waals surface area contributed by atoms with Crippen molar-refractivity contribution in [2.24, 2.45) is 0 Å². The van der Waals surface area contributed by atoms with Crippen LogP contribution in [0.3, 0.4) is 0 Å². The molecule has 138 valence electrons. The van der Waals surface area contributed by atoms with Crippen LogP contribution in [0.1, 0.15) is 36.8 Å². The number of nitrogens with one attached hydrogen (secondary N) is 1. The summed E-state index contributed by atoms with van der Waals surface area (Å²) >= 11 is 0. The van der Waals surface area contributed by atoms with Gasteiger partial charge in [-0.3, -0.25) is 19.1 Å². The van der Waals surface area contributed by atoms with Crippen molar-refractivity contribution >= 4 is 16.8 Å². The number of fused-ring (bicyclic) bond motifs is 1. The Hall–Kier alpha value is -3.02. The van der Waals surface area contributed by atoms with Crippen LogP contribution in [0.15, 0.2) is 53.5 Å². The number of carbonyl (C=O) groups excluding carboxylic acids is 1. The van der Waals surface area contributed by atoms with Gasteiger partial charge in [0.15, 0.2) is 0 Å². The molecular weight excluding hydrogens is 340 g/mol. The van der Waals surface area contributed by atoms with E-state index in [1.807, 2.05) is 42.5 Å². The van der Waals surface area contributed by atoms with Crippen molar-refractivity contribution in [2.45, 2.75) is 38.1 Å². The minimum absolute atomic E-state index is 0.00802. The van der Waals surface area contributed by atoms with E-state index in [9.17, 15) is 9.59 Å². The standard InChI is InChI=1S/C21H22N4O2/c26-20(23-14-12-15-5-3-4-13-22-15)11-10-19-24-18-7-2-1-6-17(18)21(27)25(19)16-8-9-16/h1-7,13,16H,8-12,14H2,(H,23,26). The first-order valence-corrected chi connectivity index (χ1v) is 9.39. The number of nitrogens with zero attached hydrogens (tertiary/aromatic N) is 3. The normalized spacial score (nSPS) is 13.6. The highest BCUT2D eigenvalue weighted by Gasteiger charge is 2.28. The maximum Gasteiger partial charge on any atom is 0.261 e. The topological polar surface area (TPSA) is 76.9 Å². The Bertz CT molecular complexity index is 1010. The van der Waals surface area contributed by atoms with E-state index in [4.69, 9.17) is 0 Å².